The van der Waals surface area contributed by atoms with Gasteiger partial charge in [0.15, 0.2) is 6.10 Å². The predicted octanol–water partition coefficient (Wildman–Crippen LogP) is 1.35. The number of nitrogens with zero attached hydrogens (tertiary/aromatic N) is 2. The summed E-state index contributed by atoms with van der Waals surface area (Å²) in [7, 11) is -3.73. The number of ether oxygens (including phenoxy) is 1. The van der Waals surface area contributed by atoms with Gasteiger partial charge in [-0.05, 0) is 44.9 Å². The Hall–Kier alpha value is -2.46. The number of hydrogen-bond acceptors (Lipinski definition) is 6. The molecule has 9 nitrogen and oxygen atoms in total. The largest absolute Gasteiger partial charge is 0.449 e. The molecule has 0 saturated carbocycles. The first-order valence-electron chi connectivity index (χ1n) is 9.64. The molecule has 0 spiro atoms. The standard InChI is InChI=1S/C19H25N3O6S/c1-13-6-3-4-10-22(13)29(26,27)16-8-5-7-15(12-16)18(24)28-14(2)17(23)21-11-9-20-19(21)25/h5,7-8,12-14H,3-4,6,9-11H2,1-2H3,(H,20,25)/t13-,14+/m1/s1. The zero-order chi connectivity index (χ0) is 21.2. The van der Waals surface area contributed by atoms with Gasteiger partial charge in [0.1, 0.15) is 0 Å². The summed E-state index contributed by atoms with van der Waals surface area (Å²) < 4.78 is 32.6. The number of carbonyl (C=O) groups is 3. The van der Waals surface area contributed by atoms with E-state index < -0.39 is 34.0 Å². The van der Waals surface area contributed by atoms with Crippen LogP contribution in [0.2, 0.25) is 0 Å². The number of rotatable bonds is 5. The zero-order valence-corrected chi connectivity index (χ0v) is 17.3. The maximum absolute atomic E-state index is 13.0. The Morgan fingerprint density at radius 2 is 2.00 bits per heavy atom. The van der Waals surface area contributed by atoms with Crippen LogP contribution in [0.5, 0.6) is 0 Å². The highest BCUT2D eigenvalue weighted by Crippen LogP contribution is 2.25. The first kappa shape index (κ1) is 21.3. The fraction of sp³-hybridized carbons (Fsp3) is 0.526. The number of esters is 1. The summed E-state index contributed by atoms with van der Waals surface area (Å²) in [6.07, 6.45) is 1.41. The number of imide groups is 1. The van der Waals surface area contributed by atoms with E-state index in [1.54, 1.807) is 0 Å². The average molecular weight is 423 g/mol. The molecule has 2 heterocycles. The van der Waals surface area contributed by atoms with Gasteiger partial charge in [0.2, 0.25) is 10.0 Å². The molecule has 0 aromatic heterocycles. The fourth-order valence-corrected chi connectivity index (χ4v) is 5.27. The molecule has 3 amide bonds. The Bertz CT molecular complexity index is 916. The summed E-state index contributed by atoms with van der Waals surface area (Å²) in [6, 6.07) is 4.98. The van der Waals surface area contributed by atoms with Crippen molar-refractivity contribution < 1.29 is 27.5 Å². The van der Waals surface area contributed by atoms with E-state index in [9.17, 15) is 22.8 Å². The number of urea groups is 1. The molecule has 2 saturated heterocycles. The van der Waals surface area contributed by atoms with Crippen LogP contribution in [0.15, 0.2) is 29.2 Å². The van der Waals surface area contributed by atoms with Gasteiger partial charge in [0.25, 0.3) is 5.91 Å². The number of sulfonamides is 1. The summed E-state index contributed by atoms with van der Waals surface area (Å²) in [5.74, 6) is -1.45. The number of carbonyl (C=O) groups excluding carboxylic acids is 3. The lowest BCUT2D eigenvalue weighted by molar-refractivity contribution is -0.136. The van der Waals surface area contributed by atoms with Crippen LogP contribution in [0.3, 0.4) is 0 Å². The molecule has 1 N–H and O–H groups in total. The first-order valence-corrected chi connectivity index (χ1v) is 11.1. The molecule has 1 aromatic rings. The van der Waals surface area contributed by atoms with Crippen LogP contribution in [0.4, 0.5) is 4.79 Å². The van der Waals surface area contributed by atoms with Crippen LogP contribution in [0, 0.1) is 0 Å². The third kappa shape index (κ3) is 4.43. The average Bonchev–Trinajstić information content (AvgIpc) is 3.13. The summed E-state index contributed by atoms with van der Waals surface area (Å²) >= 11 is 0. The summed E-state index contributed by atoms with van der Waals surface area (Å²) in [4.78, 5) is 37.3. The molecular formula is C19H25N3O6S. The van der Waals surface area contributed by atoms with Gasteiger partial charge in [-0.1, -0.05) is 12.5 Å². The molecule has 158 valence electrons. The smallest absolute Gasteiger partial charge is 0.338 e. The second kappa shape index (κ2) is 8.50. The van der Waals surface area contributed by atoms with E-state index in [4.69, 9.17) is 4.74 Å². The van der Waals surface area contributed by atoms with Crippen molar-refractivity contribution in [3.05, 3.63) is 29.8 Å². The van der Waals surface area contributed by atoms with Gasteiger partial charge < -0.3 is 10.1 Å². The molecule has 10 heteroatoms. The Balaban J connectivity index is 1.74. The quantitative estimate of drug-likeness (QED) is 0.715. The maximum atomic E-state index is 13.0. The second-order valence-corrected chi connectivity index (χ2v) is 9.15. The van der Waals surface area contributed by atoms with E-state index in [2.05, 4.69) is 5.32 Å². The van der Waals surface area contributed by atoms with Crippen molar-refractivity contribution in [3.63, 3.8) is 0 Å². The van der Waals surface area contributed by atoms with Crippen molar-refractivity contribution in [1.82, 2.24) is 14.5 Å². The molecule has 2 aliphatic rings. The number of benzene rings is 1. The Kier molecular flexibility index (Phi) is 6.23. The molecule has 2 fully saturated rings. The van der Waals surface area contributed by atoms with Gasteiger partial charge in [-0.25, -0.2) is 18.0 Å². The second-order valence-electron chi connectivity index (χ2n) is 7.26. The number of piperidine rings is 1. The topological polar surface area (TPSA) is 113 Å². The highest BCUT2D eigenvalue weighted by molar-refractivity contribution is 7.89. The molecule has 0 aliphatic carbocycles. The molecule has 2 atom stereocenters. The number of nitrogens with one attached hydrogen (secondary N) is 1. The van der Waals surface area contributed by atoms with E-state index in [1.807, 2.05) is 6.92 Å². The van der Waals surface area contributed by atoms with Gasteiger partial charge in [0.05, 0.1) is 10.5 Å². The van der Waals surface area contributed by atoms with Crippen molar-refractivity contribution in [2.24, 2.45) is 0 Å². The molecule has 0 bridgehead atoms. The molecule has 0 radical (unpaired) electrons. The van der Waals surface area contributed by atoms with Gasteiger partial charge in [-0.2, -0.15) is 4.31 Å². The molecule has 3 rings (SSSR count). The molecular weight excluding hydrogens is 398 g/mol. The highest BCUT2D eigenvalue weighted by atomic mass is 32.2. The van der Waals surface area contributed by atoms with E-state index in [-0.39, 0.29) is 23.0 Å². The normalized spacial score (nSPS) is 21.5. The highest BCUT2D eigenvalue weighted by Gasteiger charge is 2.33. The maximum Gasteiger partial charge on any atom is 0.338 e. The number of hydrogen-bond donors (Lipinski definition) is 1. The lowest BCUT2D eigenvalue weighted by Gasteiger charge is -2.32. The Morgan fingerprint density at radius 3 is 2.66 bits per heavy atom. The Morgan fingerprint density at radius 1 is 1.24 bits per heavy atom. The van der Waals surface area contributed by atoms with E-state index >= 15 is 0 Å². The number of amides is 3. The van der Waals surface area contributed by atoms with Gasteiger partial charge in [0, 0.05) is 25.7 Å². The van der Waals surface area contributed by atoms with Crippen LogP contribution in [-0.2, 0) is 19.6 Å². The Labute approximate surface area is 170 Å². The van der Waals surface area contributed by atoms with E-state index in [0.717, 1.165) is 24.2 Å². The summed E-state index contributed by atoms with van der Waals surface area (Å²) in [6.45, 7) is 4.25. The van der Waals surface area contributed by atoms with Crippen LogP contribution in [-0.4, -0.2) is 67.3 Å². The summed E-state index contributed by atoms with van der Waals surface area (Å²) in [5, 5.41) is 2.50. The minimum Gasteiger partial charge on any atom is -0.449 e. The van der Waals surface area contributed by atoms with Crippen LogP contribution in [0.25, 0.3) is 0 Å². The van der Waals surface area contributed by atoms with Crippen LogP contribution in [0.1, 0.15) is 43.5 Å². The van der Waals surface area contributed by atoms with Crippen LogP contribution >= 0.6 is 0 Å². The fourth-order valence-electron chi connectivity index (χ4n) is 3.53. The summed E-state index contributed by atoms with van der Waals surface area (Å²) in [5.41, 5.74) is 0.0289. The van der Waals surface area contributed by atoms with Crippen molar-refractivity contribution in [3.8, 4) is 0 Å². The SMILES string of the molecule is C[C@H](OC(=O)c1cccc(S(=O)(=O)N2CCCC[C@H]2C)c1)C(=O)N1CCNC1=O. The lowest BCUT2D eigenvalue weighted by Crippen LogP contribution is -2.42. The van der Waals surface area contributed by atoms with E-state index in [1.165, 1.54) is 35.5 Å². The van der Waals surface area contributed by atoms with Crippen molar-refractivity contribution >= 4 is 27.9 Å². The third-order valence-corrected chi connectivity index (χ3v) is 7.18. The minimum absolute atomic E-state index is 0.0126. The third-order valence-electron chi connectivity index (χ3n) is 5.17. The zero-order valence-electron chi connectivity index (χ0n) is 16.5. The van der Waals surface area contributed by atoms with Crippen molar-refractivity contribution in [2.75, 3.05) is 19.6 Å². The molecule has 2 aliphatic heterocycles. The minimum atomic E-state index is -3.73. The van der Waals surface area contributed by atoms with Gasteiger partial charge in [-0.3, -0.25) is 9.69 Å². The molecule has 0 unspecified atom stereocenters. The van der Waals surface area contributed by atoms with Crippen LogP contribution < -0.4 is 5.32 Å². The van der Waals surface area contributed by atoms with Gasteiger partial charge >= 0.3 is 12.0 Å². The molecule has 1 aromatic carbocycles. The van der Waals surface area contributed by atoms with Crippen molar-refractivity contribution in [2.45, 2.75) is 50.2 Å². The predicted molar refractivity (Wildman–Crippen MR) is 104 cm³/mol. The van der Waals surface area contributed by atoms with Crippen molar-refractivity contribution in [1.29, 1.82) is 0 Å². The monoisotopic (exact) mass is 423 g/mol. The lowest BCUT2D eigenvalue weighted by atomic mass is 10.1. The van der Waals surface area contributed by atoms with E-state index in [0.29, 0.717) is 13.1 Å². The first-order chi connectivity index (χ1) is 13.7. The van der Waals surface area contributed by atoms with Gasteiger partial charge in [-0.15, -0.1) is 0 Å². The molecule has 29 heavy (non-hydrogen) atoms.